The minimum absolute atomic E-state index is 0.341. The van der Waals surface area contributed by atoms with E-state index >= 15 is 0 Å². The second-order valence-corrected chi connectivity index (χ2v) is 6.59. The number of nitrogens with one attached hydrogen (secondary N) is 2. The van der Waals surface area contributed by atoms with Crippen molar-refractivity contribution in [3.63, 3.8) is 0 Å². The number of halogens is 1. The predicted octanol–water partition coefficient (Wildman–Crippen LogP) is 5.36. The Balaban J connectivity index is 1.71. The maximum absolute atomic E-state index is 14.4. The number of nitrogens with zero attached hydrogens (tertiary/aromatic N) is 3. The highest BCUT2D eigenvalue weighted by Crippen LogP contribution is 2.31. The van der Waals surface area contributed by atoms with Gasteiger partial charge >= 0.3 is 0 Å². The van der Waals surface area contributed by atoms with E-state index in [1.165, 1.54) is 6.07 Å². The third-order valence-electron chi connectivity index (χ3n) is 4.76. The number of fused-ring (bicyclic) bond motifs is 2. The van der Waals surface area contributed by atoms with Gasteiger partial charge in [-0.2, -0.15) is 5.10 Å². The molecule has 0 fully saturated rings. The maximum atomic E-state index is 14.4. The van der Waals surface area contributed by atoms with Crippen molar-refractivity contribution in [1.82, 2.24) is 20.2 Å². The van der Waals surface area contributed by atoms with Crippen LogP contribution in [-0.2, 0) is 0 Å². The van der Waals surface area contributed by atoms with Crippen molar-refractivity contribution in [1.29, 1.82) is 0 Å². The Morgan fingerprint density at radius 2 is 1.68 bits per heavy atom. The molecule has 2 heterocycles. The van der Waals surface area contributed by atoms with Crippen LogP contribution in [0.1, 0.15) is 5.56 Å². The monoisotopic (exact) mass is 369 g/mol. The average Bonchev–Trinajstić information content (AvgIpc) is 3.12. The number of aromatic nitrogens is 4. The lowest BCUT2D eigenvalue weighted by molar-refractivity contribution is 0.640. The highest BCUT2D eigenvalue weighted by molar-refractivity contribution is 5.97. The first-order valence-corrected chi connectivity index (χ1v) is 8.93. The summed E-state index contributed by atoms with van der Waals surface area (Å²) in [6, 6.07) is 20.5. The van der Waals surface area contributed by atoms with Gasteiger partial charge in [-0.25, -0.2) is 14.4 Å². The Labute approximate surface area is 160 Å². The number of benzene rings is 3. The zero-order chi connectivity index (χ0) is 19.1. The molecule has 0 atom stereocenters. The molecule has 5 nitrogen and oxygen atoms in total. The molecule has 0 saturated carbocycles. The summed E-state index contributed by atoms with van der Waals surface area (Å²) < 4.78 is 14.4. The lowest BCUT2D eigenvalue weighted by atomic mass is 10.1. The van der Waals surface area contributed by atoms with Crippen LogP contribution in [-0.4, -0.2) is 20.2 Å². The summed E-state index contributed by atoms with van der Waals surface area (Å²) >= 11 is 0. The van der Waals surface area contributed by atoms with Crippen molar-refractivity contribution in [3.8, 4) is 11.4 Å². The summed E-state index contributed by atoms with van der Waals surface area (Å²) in [6.07, 6.45) is 0. The van der Waals surface area contributed by atoms with Gasteiger partial charge in [0.05, 0.1) is 16.4 Å². The SMILES string of the molecule is Cc1ccccc1-c1nc(Nc2n[nH]c3cccc(F)c23)c2ccccc2n1. The van der Waals surface area contributed by atoms with Crippen LogP contribution in [0.4, 0.5) is 16.0 Å². The Hall–Kier alpha value is -3.80. The molecule has 0 aliphatic carbocycles. The topological polar surface area (TPSA) is 66.5 Å². The van der Waals surface area contributed by atoms with Crippen LogP contribution in [0.2, 0.25) is 0 Å². The fraction of sp³-hybridized carbons (Fsp3) is 0.0455. The molecule has 6 heteroatoms. The van der Waals surface area contributed by atoms with Gasteiger partial charge in [0.2, 0.25) is 0 Å². The third kappa shape index (κ3) is 2.66. The summed E-state index contributed by atoms with van der Waals surface area (Å²) in [5, 5.41) is 11.6. The lowest BCUT2D eigenvalue weighted by Crippen LogP contribution is -2.01. The van der Waals surface area contributed by atoms with Crippen LogP contribution < -0.4 is 5.32 Å². The first kappa shape index (κ1) is 16.4. The predicted molar refractivity (Wildman–Crippen MR) is 109 cm³/mol. The molecule has 5 rings (SSSR count). The maximum Gasteiger partial charge on any atom is 0.164 e. The fourth-order valence-corrected chi connectivity index (χ4v) is 3.35. The van der Waals surface area contributed by atoms with Gasteiger partial charge in [0.1, 0.15) is 11.6 Å². The molecule has 0 saturated heterocycles. The van der Waals surface area contributed by atoms with Gasteiger partial charge in [-0.3, -0.25) is 5.10 Å². The summed E-state index contributed by atoms with van der Waals surface area (Å²) in [4.78, 5) is 9.47. The molecule has 136 valence electrons. The molecular weight excluding hydrogens is 353 g/mol. The third-order valence-corrected chi connectivity index (χ3v) is 4.76. The first-order chi connectivity index (χ1) is 13.7. The standard InChI is InChI=1S/C22H16FN5/c1-13-7-2-3-8-14(13)20-24-17-11-5-4-9-15(17)21(25-20)26-22-19-16(23)10-6-12-18(19)27-28-22/h2-12H,1H3,(H2,24,25,26,27,28). The van der Waals surface area contributed by atoms with Gasteiger partial charge in [0.15, 0.2) is 11.6 Å². The molecule has 0 radical (unpaired) electrons. The van der Waals surface area contributed by atoms with Crippen LogP contribution in [0.3, 0.4) is 0 Å². The smallest absolute Gasteiger partial charge is 0.164 e. The van der Waals surface area contributed by atoms with E-state index in [9.17, 15) is 4.39 Å². The zero-order valence-corrected chi connectivity index (χ0v) is 15.1. The first-order valence-electron chi connectivity index (χ1n) is 8.93. The van der Waals surface area contributed by atoms with E-state index in [0.29, 0.717) is 28.4 Å². The van der Waals surface area contributed by atoms with E-state index in [4.69, 9.17) is 9.97 Å². The Morgan fingerprint density at radius 3 is 2.57 bits per heavy atom. The molecule has 2 N–H and O–H groups in total. The molecule has 0 bridgehead atoms. The highest BCUT2D eigenvalue weighted by atomic mass is 19.1. The number of hydrogen-bond acceptors (Lipinski definition) is 4. The molecule has 2 aromatic heterocycles. The highest BCUT2D eigenvalue weighted by Gasteiger charge is 2.15. The summed E-state index contributed by atoms with van der Waals surface area (Å²) in [5.74, 6) is 1.25. The number of aromatic amines is 1. The fourth-order valence-electron chi connectivity index (χ4n) is 3.35. The van der Waals surface area contributed by atoms with E-state index in [1.807, 2.05) is 55.5 Å². The number of anilines is 2. The number of rotatable bonds is 3. The van der Waals surface area contributed by atoms with Crippen LogP contribution >= 0.6 is 0 Å². The minimum atomic E-state index is -0.341. The molecule has 28 heavy (non-hydrogen) atoms. The van der Waals surface area contributed by atoms with Crippen molar-refractivity contribution in [3.05, 3.63) is 78.1 Å². The van der Waals surface area contributed by atoms with Gasteiger partial charge < -0.3 is 5.32 Å². The van der Waals surface area contributed by atoms with Gasteiger partial charge in [-0.15, -0.1) is 0 Å². The molecule has 0 spiro atoms. The number of aryl methyl sites for hydroxylation is 1. The van der Waals surface area contributed by atoms with Crippen molar-refractivity contribution >= 4 is 33.4 Å². The molecule has 3 aromatic carbocycles. The average molecular weight is 369 g/mol. The summed E-state index contributed by atoms with van der Waals surface area (Å²) in [5.41, 5.74) is 3.47. The van der Waals surface area contributed by atoms with E-state index in [-0.39, 0.29) is 5.82 Å². The molecule has 0 unspecified atom stereocenters. The van der Waals surface area contributed by atoms with E-state index in [0.717, 1.165) is 22.0 Å². The lowest BCUT2D eigenvalue weighted by Gasteiger charge is -2.11. The second kappa shape index (κ2) is 6.42. The van der Waals surface area contributed by atoms with Crippen LogP contribution in [0.25, 0.3) is 33.2 Å². The molecule has 5 aromatic rings. The Bertz CT molecular complexity index is 1330. The summed E-state index contributed by atoms with van der Waals surface area (Å²) in [7, 11) is 0. The van der Waals surface area contributed by atoms with Crippen LogP contribution in [0, 0.1) is 12.7 Å². The minimum Gasteiger partial charge on any atom is -0.322 e. The Kier molecular flexibility index (Phi) is 3.76. The summed E-state index contributed by atoms with van der Waals surface area (Å²) in [6.45, 7) is 2.03. The van der Waals surface area contributed by atoms with Crippen molar-refractivity contribution < 1.29 is 4.39 Å². The molecular formula is C22H16FN5. The number of H-pyrrole nitrogens is 1. The number of para-hydroxylation sites is 1. The van der Waals surface area contributed by atoms with Gasteiger partial charge in [0, 0.05) is 10.9 Å². The van der Waals surface area contributed by atoms with Gasteiger partial charge in [-0.1, -0.05) is 42.5 Å². The molecule has 0 amide bonds. The van der Waals surface area contributed by atoms with Crippen molar-refractivity contribution in [2.75, 3.05) is 5.32 Å². The zero-order valence-electron chi connectivity index (χ0n) is 15.1. The molecule has 0 aliphatic rings. The van der Waals surface area contributed by atoms with Crippen molar-refractivity contribution in [2.45, 2.75) is 6.92 Å². The largest absolute Gasteiger partial charge is 0.322 e. The van der Waals surface area contributed by atoms with Crippen LogP contribution in [0.15, 0.2) is 66.7 Å². The van der Waals surface area contributed by atoms with Crippen molar-refractivity contribution in [2.24, 2.45) is 0 Å². The second-order valence-electron chi connectivity index (χ2n) is 6.59. The van der Waals surface area contributed by atoms with Gasteiger partial charge in [-0.05, 0) is 36.8 Å². The van der Waals surface area contributed by atoms with E-state index in [2.05, 4.69) is 15.5 Å². The quantitative estimate of drug-likeness (QED) is 0.449. The van der Waals surface area contributed by atoms with Gasteiger partial charge in [0.25, 0.3) is 0 Å². The number of hydrogen-bond donors (Lipinski definition) is 2. The van der Waals surface area contributed by atoms with E-state index in [1.54, 1.807) is 12.1 Å². The normalized spacial score (nSPS) is 11.2. The van der Waals surface area contributed by atoms with Crippen LogP contribution in [0.5, 0.6) is 0 Å². The molecule has 0 aliphatic heterocycles. The Morgan fingerprint density at radius 1 is 0.857 bits per heavy atom. The van der Waals surface area contributed by atoms with E-state index < -0.39 is 0 Å².